The van der Waals surface area contributed by atoms with Gasteiger partial charge in [-0.1, -0.05) is 30.5 Å². The zero-order valence-electron chi connectivity index (χ0n) is 14.4. The molecule has 26 heavy (non-hydrogen) atoms. The Kier molecular flexibility index (Phi) is 5.32. The molecule has 1 aromatic carbocycles. The van der Waals surface area contributed by atoms with Gasteiger partial charge in [0.1, 0.15) is 10.9 Å². The summed E-state index contributed by atoms with van der Waals surface area (Å²) in [6.45, 7) is 5.85. The summed E-state index contributed by atoms with van der Waals surface area (Å²) in [5, 5.41) is 3.57. The number of pyridine rings is 1. The Morgan fingerprint density at radius 3 is 2.69 bits per heavy atom. The fourth-order valence-corrected chi connectivity index (χ4v) is 3.53. The van der Waals surface area contributed by atoms with Gasteiger partial charge in [-0.25, -0.2) is 14.4 Å². The highest BCUT2D eigenvalue weighted by Crippen LogP contribution is 2.40. The van der Waals surface area contributed by atoms with Crippen LogP contribution in [0.25, 0.3) is 10.6 Å². The van der Waals surface area contributed by atoms with Gasteiger partial charge in [0.25, 0.3) is 0 Å². The lowest BCUT2D eigenvalue weighted by Crippen LogP contribution is -1.93. The summed E-state index contributed by atoms with van der Waals surface area (Å²) < 4.78 is 27.0. The van der Waals surface area contributed by atoms with Crippen LogP contribution in [0.5, 0.6) is 0 Å². The minimum atomic E-state index is -0.547. The van der Waals surface area contributed by atoms with Crippen LogP contribution >= 0.6 is 11.8 Å². The summed E-state index contributed by atoms with van der Waals surface area (Å²) >= 11 is 1.45. The standard InChI is InChI=1S/C20H17F2N3S/c1-4-13-10-18(14-5-7-17(23-3)16(21)9-14)26-20(13)25-12(2)15-6-8-19(22)24-11-15/h4-11,23H,2H2,1,3H3/b13-4-,25-20+. The Labute approximate surface area is 155 Å². The van der Waals surface area contributed by atoms with E-state index in [-0.39, 0.29) is 5.82 Å². The van der Waals surface area contributed by atoms with E-state index in [1.807, 2.05) is 25.1 Å². The minimum Gasteiger partial charge on any atom is -0.386 e. The topological polar surface area (TPSA) is 37.3 Å². The van der Waals surface area contributed by atoms with Crippen LogP contribution in [0.1, 0.15) is 18.1 Å². The number of hydrogen-bond acceptors (Lipinski definition) is 4. The van der Waals surface area contributed by atoms with Crippen molar-refractivity contribution in [3.8, 4) is 0 Å². The molecule has 2 heterocycles. The van der Waals surface area contributed by atoms with E-state index in [0.717, 1.165) is 21.1 Å². The SMILES string of the molecule is C=C(/N=C1/SC(c2ccc(NC)c(F)c2)=C/C1=C/C)c1ccc(F)nc1. The van der Waals surface area contributed by atoms with Crippen LogP contribution in [0, 0.1) is 11.8 Å². The van der Waals surface area contributed by atoms with Crippen molar-refractivity contribution in [3.63, 3.8) is 0 Å². The zero-order valence-corrected chi connectivity index (χ0v) is 15.2. The van der Waals surface area contributed by atoms with Gasteiger partial charge >= 0.3 is 0 Å². The Balaban J connectivity index is 1.87. The van der Waals surface area contributed by atoms with E-state index in [9.17, 15) is 8.78 Å². The summed E-state index contributed by atoms with van der Waals surface area (Å²) in [4.78, 5) is 9.09. The van der Waals surface area contributed by atoms with Crippen LogP contribution in [0.15, 0.2) is 65.8 Å². The summed E-state index contributed by atoms with van der Waals surface area (Å²) in [6, 6.07) is 7.93. The molecule has 132 valence electrons. The molecule has 0 unspecified atom stereocenters. The van der Waals surface area contributed by atoms with E-state index < -0.39 is 5.95 Å². The number of allylic oxidation sites excluding steroid dienone is 2. The molecule has 3 nitrogen and oxygen atoms in total. The Hall–Kier alpha value is -2.73. The number of hydrogen-bond donors (Lipinski definition) is 1. The van der Waals surface area contributed by atoms with Crippen molar-refractivity contribution in [2.45, 2.75) is 6.92 Å². The van der Waals surface area contributed by atoms with Crippen molar-refractivity contribution in [1.82, 2.24) is 4.98 Å². The first-order valence-electron chi connectivity index (χ1n) is 7.95. The molecule has 0 radical (unpaired) electrons. The average Bonchev–Trinajstić information content (AvgIpc) is 3.05. The average molecular weight is 369 g/mol. The maximum absolute atomic E-state index is 14.0. The van der Waals surface area contributed by atoms with E-state index in [1.165, 1.54) is 30.1 Å². The summed E-state index contributed by atoms with van der Waals surface area (Å²) in [5.74, 6) is -0.852. The third kappa shape index (κ3) is 3.75. The van der Waals surface area contributed by atoms with Crippen LogP contribution in [-0.4, -0.2) is 17.1 Å². The number of anilines is 1. The van der Waals surface area contributed by atoms with Crippen LogP contribution in [0.2, 0.25) is 0 Å². The highest BCUT2D eigenvalue weighted by atomic mass is 32.2. The van der Waals surface area contributed by atoms with E-state index >= 15 is 0 Å². The molecule has 2 aromatic rings. The molecular weight excluding hydrogens is 352 g/mol. The van der Waals surface area contributed by atoms with Crippen LogP contribution in [-0.2, 0) is 0 Å². The molecular formula is C20H17F2N3S. The molecule has 6 heteroatoms. The van der Waals surface area contributed by atoms with Gasteiger partial charge < -0.3 is 5.32 Å². The Bertz CT molecular complexity index is 944. The van der Waals surface area contributed by atoms with Crippen molar-refractivity contribution < 1.29 is 8.78 Å². The largest absolute Gasteiger partial charge is 0.386 e. The summed E-state index contributed by atoms with van der Waals surface area (Å²) in [5.41, 5.74) is 3.30. The normalized spacial score (nSPS) is 16.8. The van der Waals surface area contributed by atoms with Gasteiger partial charge in [-0.15, -0.1) is 0 Å². The zero-order chi connectivity index (χ0) is 18.7. The highest BCUT2D eigenvalue weighted by molar-refractivity contribution is 8.22. The lowest BCUT2D eigenvalue weighted by Gasteiger charge is -2.06. The molecule has 0 amide bonds. The fourth-order valence-electron chi connectivity index (χ4n) is 2.44. The van der Waals surface area contributed by atoms with E-state index in [4.69, 9.17) is 0 Å². The van der Waals surface area contributed by atoms with E-state index in [1.54, 1.807) is 19.2 Å². The van der Waals surface area contributed by atoms with Crippen LogP contribution in [0.4, 0.5) is 14.5 Å². The van der Waals surface area contributed by atoms with Crippen molar-refractivity contribution in [2.24, 2.45) is 4.99 Å². The molecule has 0 bridgehead atoms. The highest BCUT2D eigenvalue weighted by Gasteiger charge is 2.20. The fraction of sp³-hybridized carbons (Fsp3) is 0.100. The predicted molar refractivity (Wildman–Crippen MR) is 106 cm³/mol. The van der Waals surface area contributed by atoms with Crippen molar-refractivity contribution in [3.05, 3.63) is 83.7 Å². The number of halogens is 2. The van der Waals surface area contributed by atoms with Gasteiger partial charge in [0, 0.05) is 29.3 Å². The lowest BCUT2D eigenvalue weighted by atomic mass is 10.1. The molecule has 0 atom stereocenters. The Morgan fingerprint density at radius 1 is 1.27 bits per heavy atom. The number of nitrogens with one attached hydrogen (secondary N) is 1. The van der Waals surface area contributed by atoms with Gasteiger partial charge in [-0.2, -0.15) is 4.39 Å². The molecule has 0 saturated heterocycles. The van der Waals surface area contributed by atoms with Gasteiger partial charge in [0.15, 0.2) is 0 Å². The number of aliphatic imine (C=N–C) groups is 1. The molecule has 0 saturated carbocycles. The quantitative estimate of drug-likeness (QED) is 0.723. The Morgan fingerprint density at radius 2 is 2.08 bits per heavy atom. The summed E-state index contributed by atoms with van der Waals surface area (Å²) in [7, 11) is 1.68. The first-order chi connectivity index (χ1) is 12.5. The predicted octanol–water partition coefficient (Wildman–Crippen LogP) is 5.50. The summed E-state index contributed by atoms with van der Waals surface area (Å²) in [6.07, 6.45) is 5.30. The molecule has 3 rings (SSSR count). The van der Waals surface area contributed by atoms with Gasteiger partial charge in [-0.05, 0) is 42.8 Å². The molecule has 0 spiro atoms. The number of thioether (sulfide) groups is 1. The first kappa shape index (κ1) is 18.1. The second-order valence-corrected chi connectivity index (χ2v) is 6.56. The maximum atomic E-state index is 14.0. The monoisotopic (exact) mass is 369 g/mol. The molecule has 1 N–H and O–H groups in total. The number of benzene rings is 1. The second kappa shape index (κ2) is 7.66. The van der Waals surface area contributed by atoms with Crippen molar-refractivity contribution in [1.29, 1.82) is 0 Å². The van der Waals surface area contributed by atoms with E-state index in [2.05, 4.69) is 21.9 Å². The maximum Gasteiger partial charge on any atom is 0.212 e. The molecule has 1 aliphatic heterocycles. The smallest absolute Gasteiger partial charge is 0.212 e. The number of aromatic nitrogens is 1. The number of rotatable bonds is 4. The van der Waals surface area contributed by atoms with Crippen LogP contribution < -0.4 is 5.32 Å². The van der Waals surface area contributed by atoms with Gasteiger partial charge in [0.05, 0.1) is 11.4 Å². The third-order valence-electron chi connectivity index (χ3n) is 3.87. The molecule has 1 aromatic heterocycles. The molecule has 0 fully saturated rings. The van der Waals surface area contributed by atoms with Gasteiger partial charge in [0.2, 0.25) is 5.95 Å². The minimum absolute atomic E-state index is 0.305. The van der Waals surface area contributed by atoms with Crippen molar-refractivity contribution in [2.75, 3.05) is 12.4 Å². The molecule has 1 aliphatic rings. The lowest BCUT2D eigenvalue weighted by molar-refractivity contribution is 0.583. The van der Waals surface area contributed by atoms with Crippen molar-refractivity contribution >= 4 is 33.1 Å². The van der Waals surface area contributed by atoms with Crippen LogP contribution in [0.3, 0.4) is 0 Å². The third-order valence-corrected chi connectivity index (χ3v) is 4.97. The second-order valence-electron chi connectivity index (χ2n) is 5.53. The number of nitrogens with zero attached hydrogens (tertiary/aromatic N) is 2. The first-order valence-corrected chi connectivity index (χ1v) is 8.77. The molecule has 0 aliphatic carbocycles. The van der Waals surface area contributed by atoms with Gasteiger partial charge in [-0.3, -0.25) is 0 Å². The van der Waals surface area contributed by atoms with E-state index in [0.29, 0.717) is 16.9 Å².